The van der Waals surface area contributed by atoms with Crippen LogP contribution in [0.15, 0.2) is 25.0 Å². The van der Waals surface area contributed by atoms with E-state index in [1.54, 1.807) is 23.2 Å². The van der Waals surface area contributed by atoms with Gasteiger partial charge in [0.1, 0.15) is 0 Å². The van der Waals surface area contributed by atoms with E-state index >= 15 is 0 Å². The lowest BCUT2D eigenvalue weighted by atomic mass is 10.2. The van der Waals surface area contributed by atoms with Crippen molar-refractivity contribution in [1.82, 2.24) is 9.78 Å². The molecule has 0 fully saturated rings. The first-order valence-corrected chi connectivity index (χ1v) is 5.26. The lowest BCUT2D eigenvalue weighted by Crippen LogP contribution is -2.34. The zero-order chi connectivity index (χ0) is 12.1. The van der Waals surface area contributed by atoms with Crippen LogP contribution in [0.4, 0.5) is 5.69 Å². The number of anilines is 1. The standard InChI is InChI=1S/C11H18N4O/c1-4-5-10(12)11(16)14-9-6-13-15(7-9)8(2)3/h4,6-8,10H,1,5,12H2,2-3H3,(H,14,16). The molecule has 0 aromatic carbocycles. The molecule has 5 nitrogen and oxygen atoms in total. The van der Waals surface area contributed by atoms with E-state index in [4.69, 9.17) is 5.73 Å². The average Bonchev–Trinajstić information content (AvgIpc) is 2.66. The highest BCUT2D eigenvalue weighted by Gasteiger charge is 2.12. The Labute approximate surface area is 95.3 Å². The summed E-state index contributed by atoms with van der Waals surface area (Å²) in [6.07, 6.45) is 5.48. The van der Waals surface area contributed by atoms with Crippen LogP contribution in [0.25, 0.3) is 0 Å². The maximum Gasteiger partial charge on any atom is 0.241 e. The molecular formula is C11H18N4O. The van der Waals surface area contributed by atoms with E-state index in [1.165, 1.54) is 0 Å². The molecule has 1 heterocycles. The van der Waals surface area contributed by atoms with Crippen LogP contribution in [-0.2, 0) is 4.79 Å². The van der Waals surface area contributed by atoms with E-state index in [1.807, 2.05) is 13.8 Å². The van der Waals surface area contributed by atoms with Gasteiger partial charge in [-0.15, -0.1) is 6.58 Å². The molecule has 1 rings (SSSR count). The minimum absolute atomic E-state index is 0.219. The van der Waals surface area contributed by atoms with Gasteiger partial charge in [0.25, 0.3) is 0 Å². The van der Waals surface area contributed by atoms with Gasteiger partial charge in [-0.1, -0.05) is 6.08 Å². The van der Waals surface area contributed by atoms with E-state index in [-0.39, 0.29) is 11.9 Å². The highest BCUT2D eigenvalue weighted by molar-refractivity contribution is 5.94. The van der Waals surface area contributed by atoms with Gasteiger partial charge in [-0.25, -0.2) is 0 Å². The molecule has 0 radical (unpaired) electrons. The second-order valence-corrected chi connectivity index (χ2v) is 3.92. The predicted octanol–water partition coefficient (Wildman–Crippen LogP) is 1.31. The summed E-state index contributed by atoms with van der Waals surface area (Å²) in [5, 5.41) is 6.82. The number of nitrogens with zero attached hydrogens (tertiary/aromatic N) is 2. The largest absolute Gasteiger partial charge is 0.322 e. The van der Waals surface area contributed by atoms with Crippen molar-refractivity contribution in [2.45, 2.75) is 32.4 Å². The van der Waals surface area contributed by atoms with Crippen molar-refractivity contribution in [3.8, 4) is 0 Å². The van der Waals surface area contributed by atoms with Crippen molar-refractivity contribution in [2.24, 2.45) is 5.73 Å². The third-order valence-corrected chi connectivity index (χ3v) is 2.16. The zero-order valence-electron chi connectivity index (χ0n) is 9.68. The highest BCUT2D eigenvalue weighted by Crippen LogP contribution is 2.10. The molecule has 0 aliphatic carbocycles. The zero-order valence-corrected chi connectivity index (χ0v) is 9.68. The second kappa shape index (κ2) is 5.46. The molecule has 1 aromatic rings. The van der Waals surface area contributed by atoms with Gasteiger partial charge in [-0.3, -0.25) is 9.48 Å². The molecule has 0 aliphatic heterocycles. The van der Waals surface area contributed by atoms with Crippen LogP contribution in [0.3, 0.4) is 0 Å². The van der Waals surface area contributed by atoms with Gasteiger partial charge in [0, 0.05) is 12.2 Å². The summed E-state index contributed by atoms with van der Waals surface area (Å²) >= 11 is 0. The van der Waals surface area contributed by atoms with Crippen LogP contribution < -0.4 is 11.1 Å². The third kappa shape index (κ3) is 3.20. The molecule has 1 unspecified atom stereocenters. The molecule has 88 valence electrons. The first-order valence-electron chi connectivity index (χ1n) is 5.26. The fourth-order valence-electron chi connectivity index (χ4n) is 1.21. The summed E-state index contributed by atoms with van der Waals surface area (Å²) in [5.74, 6) is -0.219. The molecule has 1 aromatic heterocycles. The Hall–Kier alpha value is -1.62. The van der Waals surface area contributed by atoms with Crippen LogP contribution >= 0.6 is 0 Å². The van der Waals surface area contributed by atoms with Crippen molar-refractivity contribution in [3.05, 3.63) is 25.0 Å². The molecule has 16 heavy (non-hydrogen) atoms. The Morgan fingerprint density at radius 2 is 2.44 bits per heavy atom. The predicted molar refractivity (Wildman–Crippen MR) is 64.0 cm³/mol. The van der Waals surface area contributed by atoms with Crippen molar-refractivity contribution in [3.63, 3.8) is 0 Å². The summed E-state index contributed by atoms with van der Waals surface area (Å²) in [7, 11) is 0. The lowest BCUT2D eigenvalue weighted by molar-refractivity contribution is -0.117. The van der Waals surface area contributed by atoms with Gasteiger partial charge < -0.3 is 11.1 Å². The summed E-state index contributed by atoms with van der Waals surface area (Å²) in [6.45, 7) is 7.57. The normalized spacial score (nSPS) is 12.5. The van der Waals surface area contributed by atoms with Crippen LogP contribution in [-0.4, -0.2) is 21.7 Å². The van der Waals surface area contributed by atoms with Gasteiger partial charge in [0.2, 0.25) is 5.91 Å². The number of amides is 1. The van der Waals surface area contributed by atoms with Gasteiger partial charge in [0.15, 0.2) is 0 Å². The molecule has 1 amide bonds. The number of aromatic nitrogens is 2. The fourth-order valence-corrected chi connectivity index (χ4v) is 1.21. The maximum absolute atomic E-state index is 11.6. The summed E-state index contributed by atoms with van der Waals surface area (Å²) < 4.78 is 1.77. The number of hydrogen-bond donors (Lipinski definition) is 2. The number of carbonyl (C=O) groups excluding carboxylic acids is 1. The van der Waals surface area contributed by atoms with Crippen LogP contribution in [0.1, 0.15) is 26.3 Å². The van der Waals surface area contributed by atoms with Gasteiger partial charge in [-0.2, -0.15) is 5.10 Å². The first-order chi connectivity index (χ1) is 7.54. The lowest BCUT2D eigenvalue weighted by Gasteiger charge is -2.08. The summed E-state index contributed by atoms with van der Waals surface area (Å²) in [5.41, 5.74) is 6.30. The molecule has 3 N–H and O–H groups in total. The quantitative estimate of drug-likeness (QED) is 0.738. The Kier molecular flexibility index (Phi) is 4.25. The van der Waals surface area contributed by atoms with Gasteiger partial charge in [-0.05, 0) is 20.3 Å². The molecule has 0 aliphatic rings. The summed E-state index contributed by atoms with van der Waals surface area (Å²) in [4.78, 5) is 11.6. The van der Waals surface area contributed by atoms with E-state index in [9.17, 15) is 4.79 Å². The smallest absolute Gasteiger partial charge is 0.241 e. The van der Waals surface area contributed by atoms with Crippen molar-refractivity contribution < 1.29 is 4.79 Å². The van der Waals surface area contributed by atoms with Gasteiger partial charge in [0.05, 0.1) is 17.9 Å². The van der Waals surface area contributed by atoms with Crippen LogP contribution in [0.5, 0.6) is 0 Å². The molecule has 5 heteroatoms. The molecular weight excluding hydrogens is 204 g/mol. The van der Waals surface area contributed by atoms with Crippen molar-refractivity contribution in [2.75, 3.05) is 5.32 Å². The Morgan fingerprint density at radius 1 is 1.75 bits per heavy atom. The van der Waals surface area contributed by atoms with Crippen molar-refractivity contribution >= 4 is 11.6 Å². The SMILES string of the molecule is C=CCC(N)C(=O)Nc1cnn(C(C)C)c1. The fraction of sp³-hybridized carbons (Fsp3) is 0.455. The highest BCUT2D eigenvalue weighted by atomic mass is 16.2. The topological polar surface area (TPSA) is 72.9 Å². The summed E-state index contributed by atoms with van der Waals surface area (Å²) in [6, 6.07) is -0.285. The number of hydrogen-bond acceptors (Lipinski definition) is 3. The van der Waals surface area contributed by atoms with E-state index < -0.39 is 6.04 Å². The number of rotatable bonds is 5. The van der Waals surface area contributed by atoms with E-state index in [0.717, 1.165) is 0 Å². The Bertz CT molecular complexity index is 370. The molecule has 0 saturated carbocycles. The minimum Gasteiger partial charge on any atom is -0.322 e. The number of nitrogens with one attached hydrogen (secondary N) is 1. The molecule has 0 bridgehead atoms. The first kappa shape index (κ1) is 12.4. The Morgan fingerprint density at radius 3 is 2.94 bits per heavy atom. The van der Waals surface area contributed by atoms with Crippen molar-refractivity contribution in [1.29, 1.82) is 0 Å². The van der Waals surface area contributed by atoms with E-state index in [0.29, 0.717) is 12.1 Å². The second-order valence-electron chi connectivity index (χ2n) is 3.92. The monoisotopic (exact) mass is 222 g/mol. The molecule has 1 atom stereocenters. The molecule has 0 saturated heterocycles. The minimum atomic E-state index is -0.556. The molecule has 0 spiro atoms. The third-order valence-electron chi connectivity index (χ3n) is 2.16. The van der Waals surface area contributed by atoms with Crippen LogP contribution in [0.2, 0.25) is 0 Å². The van der Waals surface area contributed by atoms with E-state index in [2.05, 4.69) is 17.0 Å². The number of nitrogens with two attached hydrogens (primary N) is 1. The van der Waals surface area contributed by atoms with Crippen LogP contribution in [0, 0.1) is 0 Å². The maximum atomic E-state index is 11.6. The average molecular weight is 222 g/mol. The Balaban J connectivity index is 2.59. The number of carbonyl (C=O) groups is 1. The van der Waals surface area contributed by atoms with Gasteiger partial charge >= 0.3 is 0 Å².